The zero-order valence-corrected chi connectivity index (χ0v) is 18.0. The number of anilines is 1. The number of amides is 1. The summed E-state index contributed by atoms with van der Waals surface area (Å²) < 4.78 is 0. The molecule has 1 amide bonds. The average molecular weight is 428 g/mol. The van der Waals surface area contributed by atoms with E-state index in [0.29, 0.717) is 24.3 Å². The molecule has 0 aliphatic carbocycles. The summed E-state index contributed by atoms with van der Waals surface area (Å²) in [4.78, 5) is 25.7. The molecule has 0 radical (unpaired) electrons. The summed E-state index contributed by atoms with van der Waals surface area (Å²) in [5.74, 6) is 0.289. The maximum Gasteiger partial charge on any atom is 0.251 e. The minimum absolute atomic E-state index is 0.172. The van der Waals surface area contributed by atoms with Crippen LogP contribution in [0.2, 0.25) is 0 Å². The van der Waals surface area contributed by atoms with Crippen LogP contribution < -0.4 is 11.1 Å². The topological polar surface area (TPSA) is 114 Å². The molecular weight excluding hydrogens is 402 g/mol. The Hall–Kier alpha value is -3.84. The molecule has 7 nitrogen and oxygen atoms in total. The van der Waals surface area contributed by atoms with Crippen LogP contribution in [0.3, 0.4) is 0 Å². The summed E-state index contributed by atoms with van der Waals surface area (Å²) in [5, 5.41) is 13.7. The molecule has 0 saturated carbocycles. The van der Waals surface area contributed by atoms with Crippen LogP contribution in [0, 0.1) is 6.92 Å². The Balaban J connectivity index is 1.48. The quantitative estimate of drug-likeness (QED) is 0.434. The molecule has 0 fully saturated rings. The zero-order chi connectivity index (χ0) is 22.7. The number of pyridine rings is 3. The van der Waals surface area contributed by atoms with Crippen LogP contribution in [-0.2, 0) is 13.0 Å². The molecule has 4 N–H and O–H groups in total. The maximum absolute atomic E-state index is 12.7. The Morgan fingerprint density at radius 2 is 1.97 bits per heavy atom. The predicted molar refractivity (Wildman–Crippen MR) is 124 cm³/mol. The second kappa shape index (κ2) is 9.11. The molecule has 162 valence electrons. The SMILES string of the molecule is Cc1nc(N)ccc1CNC(=O)c1ccnc(Cc2ccc3ncc(C(C)O)cc3c2)c1. The minimum atomic E-state index is -0.569. The van der Waals surface area contributed by atoms with Gasteiger partial charge >= 0.3 is 0 Å². The molecule has 0 saturated heterocycles. The predicted octanol–water partition coefficient (Wildman–Crippen LogP) is 3.49. The van der Waals surface area contributed by atoms with Crippen molar-refractivity contribution in [3.05, 3.63) is 94.6 Å². The van der Waals surface area contributed by atoms with Crippen molar-refractivity contribution in [1.82, 2.24) is 20.3 Å². The lowest BCUT2D eigenvalue weighted by molar-refractivity contribution is 0.0950. The number of fused-ring (bicyclic) bond motifs is 1. The van der Waals surface area contributed by atoms with Crippen molar-refractivity contribution in [2.75, 3.05) is 5.73 Å². The van der Waals surface area contributed by atoms with Crippen LogP contribution in [0.4, 0.5) is 5.82 Å². The van der Waals surface area contributed by atoms with Gasteiger partial charge in [0.1, 0.15) is 5.82 Å². The second-order valence-electron chi connectivity index (χ2n) is 7.85. The van der Waals surface area contributed by atoms with Gasteiger partial charge < -0.3 is 16.2 Å². The molecule has 0 spiro atoms. The van der Waals surface area contributed by atoms with Crippen molar-refractivity contribution in [1.29, 1.82) is 0 Å². The number of nitrogen functional groups attached to an aromatic ring is 1. The molecule has 1 atom stereocenters. The maximum atomic E-state index is 12.7. The number of rotatable bonds is 6. The van der Waals surface area contributed by atoms with E-state index in [0.717, 1.165) is 39.0 Å². The number of carbonyl (C=O) groups excluding carboxylic acids is 1. The van der Waals surface area contributed by atoms with Gasteiger partial charge in [0.05, 0.1) is 11.6 Å². The largest absolute Gasteiger partial charge is 0.389 e. The lowest BCUT2D eigenvalue weighted by atomic mass is 10.0. The standard InChI is InChI=1S/C25H25N5O2/c1-15-19(4-6-24(26)30-15)13-29-25(32)18-7-8-27-22(12-18)10-17-3-5-23-20(9-17)11-21(14-28-23)16(2)31/h3-9,11-12,14,16,31H,10,13H2,1-2H3,(H2,26,30)(H,29,32). The van der Waals surface area contributed by atoms with Crippen LogP contribution >= 0.6 is 0 Å². The Morgan fingerprint density at radius 3 is 2.75 bits per heavy atom. The summed E-state index contributed by atoms with van der Waals surface area (Å²) in [6.07, 6.45) is 3.35. The first-order valence-corrected chi connectivity index (χ1v) is 10.4. The molecule has 1 unspecified atom stereocenters. The van der Waals surface area contributed by atoms with E-state index in [2.05, 4.69) is 20.3 Å². The van der Waals surface area contributed by atoms with Crippen molar-refractivity contribution < 1.29 is 9.90 Å². The van der Waals surface area contributed by atoms with Gasteiger partial charge in [0.2, 0.25) is 0 Å². The fourth-order valence-electron chi connectivity index (χ4n) is 3.54. The Kier molecular flexibility index (Phi) is 6.09. The third-order valence-corrected chi connectivity index (χ3v) is 5.37. The molecule has 0 aliphatic rings. The highest BCUT2D eigenvalue weighted by atomic mass is 16.3. The monoisotopic (exact) mass is 427 g/mol. The lowest BCUT2D eigenvalue weighted by Gasteiger charge is -2.10. The number of aliphatic hydroxyl groups excluding tert-OH is 1. The molecule has 0 aliphatic heterocycles. The molecule has 4 rings (SSSR count). The van der Waals surface area contributed by atoms with Crippen molar-refractivity contribution in [3.63, 3.8) is 0 Å². The number of aromatic nitrogens is 3. The molecule has 32 heavy (non-hydrogen) atoms. The van der Waals surface area contributed by atoms with E-state index in [1.54, 1.807) is 37.5 Å². The summed E-state index contributed by atoms with van der Waals surface area (Å²) in [5.41, 5.74) is 11.4. The smallest absolute Gasteiger partial charge is 0.251 e. The van der Waals surface area contributed by atoms with Crippen LogP contribution in [0.25, 0.3) is 10.9 Å². The number of nitrogens with one attached hydrogen (secondary N) is 1. The van der Waals surface area contributed by atoms with Gasteiger partial charge in [-0.25, -0.2) is 4.98 Å². The normalized spacial score (nSPS) is 12.0. The summed E-state index contributed by atoms with van der Waals surface area (Å²) >= 11 is 0. The fraction of sp³-hybridized carbons (Fsp3) is 0.200. The first kappa shape index (κ1) is 21.4. The van der Waals surface area contributed by atoms with E-state index in [-0.39, 0.29) is 5.91 Å². The van der Waals surface area contributed by atoms with Crippen molar-refractivity contribution in [2.24, 2.45) is 0 Å². The summed E-state index contributed by atoms with van der Waals surface area (Å²) in [6, 6.07) is 15.0. The van der Waals surface area contributed by atoms with Crippen LogP contribution in [0.5, 0.6) is 0 Å². The van der Waals surface area contributed by atoms with E-state index in [1.807, 2.05) is 37.3 Å². The lowest BCUT2D eigenvalue weighted by Crippen LogP contribution is -2.23. The molecule has 4 aromatic rings. The minimum Gasteiger partial charge on any atom is -0.389 e. The van der Waals surface area contributed by atoms with Crippen molar-refractivity contribution >= 4 is 22.6 Å². The van der Waals surface area contributed by atoms with Crippen molar-refractivity contribution in [2.45, 2.75) is 32.9 Å². The van der Waals surface area contributed by atoms with E-state index in [1.165, 1.54) is 0 Å². The van der Waals surface area contributed by atoms with E-state index in [9.17, 15) is 9.90 Å². The molecule has 1 aromatic carbocycles. The van der Waals surface area contributed by atoms with Gasteiger partial charge in [-0.1, -0.05) is 12.1 Å². The van der Waals surface area contributed by atoms with E-state index >= 15 is 0 Å². The number of nitrogens with two attached hydrogens (primary N) is 1. The Labute approximate surface area is 186 Å². The third kappa shape index (κ3) is 4.90. The summed E-state index contributed by atoms with van der Waals surface area (Å²) in [6.45, 7) is 3.96. The van der Waals surface area contributed by atoms with Gasteiger partial charge in [-0.05, 0) is 66.9 Å². The fourth-order valence-corrected chi connectivity index (χ4v) is 3.54. The number of benzene rings is 1. The average Bonchev–Trinajstić information content (AvgIpc) is 2.78. The highest BCUT2D eigenvalue weighted by Gasteiger charge is 2.10. The first-order chi connectivity index (χ1) is 15.4. The number of hydrogen-bond acceptors (Lipinski definition) is 6. The van der Waals surface area contributed by atoms with Gasteiger partial charge in [0.15, 0.2) is 0 Å². The van der Waals surface area contributed by atoms with Gasteiger partial charge in [0.25, 0.3) is 5.91 Å². The molecule has 7 heteroatoms. The highest BCUT2D eigenvalue weighted by molar-refractivity contribution is 5.94. The molecular formula is C25H25N5O2. The molecule has 3 aromatic heterocycles. The highest BCUT2D eigenvalue weighted by Crippen LogP contribution is 2.21. The molecule has 0 bridgehead atoms. The van der Waals surface area contributed by atoms with E-state index < -0.39 is 6.10 Å². The number of aliphatic hydroxyl groups is 1. The Morgan fingerprint density at radius 1 is 1.12 bits per heavy atom. The third-order valence-electron chi connectivity index (χ3n) is 5.37. The molecule has 3 heterocycles. The summed E-state index contributed by atoms with van der Waals surface area (Å²) in [7, 11) is 0. The van der Waals surface area contributed by atoms with Gasteiger partial charge in [-0.3, -0.25) is 14.8 Å². The van der Waals surface area contributed by atoms with E-state index in [4.69, 9.17) is 5.73 Å². The number of aryl methyl sites for hydroxylation is 1. The van der Waals surface area contributed by atoms with Gasteiger partial charge in [-0.15, -0.1) is 0 Å². The first-order valence-electron chi connectivity index (χ1n) is 10.4. The Bertz CT molecular complexity index is 1290. The number of nitrogens with zero attached hydrogens (tertiary/aromatic N) is 3. The van der Waals surface area contributed by atoms with Gasteiger partial charge in [-0.2, -0.15) is 0 Å². The number of carbonyl (C=O) groups is 1. The van der Waals surface area contributed by atoms with Crippen molar-refractivity contribution in [3.8, 4) is 0 Å². The van der Waals surface area contributed by atoms with Crippen LogP contribution in [0.15, 0.2) is 60.9 Å². The van der Waals surface area contributed by atoms with Crippen LogP contribution in [0.1, 0.15) is 51.5 Å². The van der Waals surface area contributed by atoms with Gasteiger partial charge in [0, 0.05) is 47.7 Å². The second-order valence-corrected chi connectivity index (χ2v) is 7.85. The number of hydrogen-bond donors (Lipinski definition) is 3. The zero-order valence-electron chi connectivity index (χ0n) is 18.0. The van der Waals surface area contributed by atoms with Crippen LogP contribution in [-0.4, -0.2) is 26.0 Å².